The monoisotopic (exact) mass is 404 g/mol. The van der Waals surface area contributed by atoms with Gasteiger partial charge < -0.3 is 10.2 Å². The predicted octanol–water partition coefficient (Wildman–Crippen LogP) is 5.05. The van der Waals surface area contributed by atoms with Gasteiger partial charge in [-0.1, -0.05) is 48.3 Å². The molecular weight excluding hydrogens is 383 g/mol. The van der Waals surface area contributed by atoms with E-state index in [2.05, 4.69) is 12.2 Å². The number of nitrogens with one attached hydrogen (secondary N) is 1. The summed E-state index contributed by atoms with van der Waals surface area (Å²) >= 11 is 12.0. The van der Waals surface area contributed by atoms with E-state index in [0.29, 0.717) is 41.5 Å². The first-order chi connectivity index (χ1) is 13.0. The Morgan fingerprint density at radius 1 is 1.11 bits per heavy atom. The summed E-state index contributed by atoms with van der Waals surface area (Å²) in [5.74, 6) is -0.195. The number of hydrogen-bond acceptors (Lipinski definition) is 2. The number of rotatable bonds is 4. The molecule has 1 aliphatic rings. The van der Waals surface area contributed by atoms with Gasteiger partial charge in [-0.05, 0) is 49.1 Å². The highest BCUT2D eigenvalue weighted by atomic mass is 35.5. The van der Waals surface area contributed by atoms with Crippen LogP contribution in [0.4, 0.5) is 5.69 Å². The molecule has 27 heavy (non-hydrogen) atoms. The van der Waals surface area contributed by atoms with Crippen LogP contribution in [0, 0.1) is 5.92 Å². The average molecular weight is 405 g/mol. The number of aryl methyl sites for hydroxylation is 1. The van der Waals surface area contributed by atoms with Crippen LogP contribution < -0.4 is 5.32 Å². The Bertz CT molecular complexity index is 846. The van der Waals surface area contributed by atoms with Crippen molar-refractivity contribution in [3.05, 3.63) is 63.6 Å². The predicted molar refractivity (Wildman–Crippen MR) is 110 cm³/mol. The van der Waals surface area contributed by atoms with Gasteiger partial charge in [0.1, 0.15) is 0 Å². The van der Waals surface area contributed by atoms with E-state index in [4.69, 9.17) is 23.2 Å². The van der Waals surface area contributed by atoms with E-state index in [-0.39, 0.29) is 17.7 Å². The highest BCUT2D eigenvalue weighted by Gasteiger charge is 2.28. The van der Waals surface area contributed by atoms with Gasteiger partial charge in [0.05, 0.1) is 10.6 Å². The molecule has 0 aliphatic carbocycles. The lowest BCUT2D eigenvalue weighted by Crippen LogP contribution is -2.41. The largest absolute Gasteiger partial charge is 0.339 e. The standard InChI is InChI=1S/C21H22Cl2N2O2/c1-2-14-5-3-4-6-19(14)24-20(26)15-9-11-25(12-10-15)21(27)17-8-7-16(22)13-18(17)23/h3-8,13,15H,2,9-12H2,1H3,(H,24,26). The van der Waals surface area contributed by atoms with Gasteiger partial charge in [-0.2, -0.15) is 0 Å². The molecule has 1 aliphatic heterocycles. The number of likely N-dealkylation sites (tertiary alicyclic amines) is 1. The Balaban J connectivity index is 1.59. The minimum Gasteiger partial charge on any atom is -0.339 e. The second-order valence-electron chi connectivity index (χ2n) is 6.69. The molecule has 1 heterocycles. The van der Waals surface area contributed by atoms with Gasteiger partial charge in [0.25, 0.3) is 5.91 Å². The zero-order valence-corrected chi connectivity index (χ0v) is 16.7. The summed E-state index contributed by atoms with van der Waals surface area (Å²) in [6, 6.07) is 12.7. The molecule has 142 valence electrons. The van der Waals surface area contributed by atoms with Crippen molar-refractivity contribution in [2.24, 2.45) is 5.92 Å². The van der Waals surface area contributed by atoms with E-state index >= 15 is 0 Å². The molecule has 1 saturated heterocycles. The van der Waals surface area contributed by atoms with E-state index < -0.39 is 0 Å². The maximum absolute atomic E-state index is 12.7. The number of anilines is 1. The van der Waals surface area contributed by atoms with Crippen molar-refractivity contribution in [2.75, 3.05) is 18.4 Å². The van der Waals surface area contributed by atoms with Gasteiger partial charge in [-0.25, -0.2) is 0 Å². The number of para-hydroxylation sites is 1. The van der Waals surface area contributed by atoms with Crippen molar-refractivity contribution in [1.82, 2.24) is 4.90 Å². The third-order valence-electron chi connectivity index (χ3n) is 4.97. The maximum Gasteiger partial charge on any atom is 0.255 e. The zero-order chi connectivity index (χ0) is 19.4. The number of halogens is 2. The van der Waals surface area contributed by atoms with E-state index in [9.17, 15) is 9.59 Å². The summed E-state index contributed by atoms with van der Waals surface area (Å²) < 4.78 is 0. The summed E-state index contributed by atoms with van der Waals surface area (Å²) in [6.07, 6.45) is 2.14. The van der Waals surface area contributed by atoms with Gasteiger partial charge >= 0.3 is 0 Å². The average Bonchev–Trinajstić information content (AvgIpc) is 2.68. The molecule has 4 nitrogen and oxygen atoms in total. The molecule has 3 rings (SSSR count). The Morgan fingerprint density at radius 2 is 1.81 bits per heavy atom. The van der Waals surface area contributed by atoms with Gasteiger partial charge in [0.15, 0.2) is 0 Å². The maximum atomic E-state index is 12.7. The number of nitrogens with zero attached hydrogens (tertiary/aromatic N) is 1. The first kappa shape index (κ1) is 19.7. The number of carbonyl (C=O) groups is 2. The SMILES string of the molecule is CCc1ccccc1NC(=O)C1CCN(C(=O)c2ccc(Cl)cc2Cl)CC1. The Hall–Kier alpha value is -2.04. The van der Waals surface area contributed by atoms with Crippen LogP contribution >= 0.6 is 23.2 Å². The zero-order valence-electron chi connectivity index (χ0n) is 15.2. The number of hydrogen-bond donors (Lipinski definition) is 1. The van der Waals surface area contributed by atoms with Gasteiger partial charge in [-0.15, -0.1) is 0 Å². The van der Waals surface area contributed by atoms with Crippen molar-refractivity contribution >= 4 is 40.7 Å². The van der Waals surface area contributed by atoms with Crippen LogP contribution in [0.1, 0.15) is 35.7 Å². The minimum atomic E-state index is -0.119. The van der Waals surface area contributed by atoms with Crippen molar-refractivity contribution in [2.45, 2.75) is 26.2 Å². The van der Waals surface area contributed by atoms with Crippen LogP contribution in [0.15, 0.2) is 42.5 Å². The van der Waals surface area contributed by atoms with Crippen molar-refractivity contribution in [1.29, 1.82) is 0 Å². The third-order valence-corrected chi connectivity index (χ3v) is 5.52. The van der Waals surface area contributed by atoms with Crippen molar-refractivity contribution < 1.29 is 9.59 Å². The second-order valence-corrected chi connectivity index (χ2v) is 7.53. The van der Waals surface area contributed by atoms with Crippen molar-refractivity contribution in [3.63, 3.8) is 0 Å². The number of amides is 2. The lowest BCUT2D eigenvalue weighted by atomic mass is 9.95. The summed E-state index contributed by atoms with van der Waals surface area (Å²) in [6.45, 7) is 3.13. The highest BCUT2D eigenvalue weighted by Crippen LogP contribution is 2.26. The number of piperidine rings is 1. The van der Waals surface area contributed by atoms with Crippen LogP contribution in [0.2, 0.25) is 10.0 Å². The summed E-state index contributed by atoms with van der Waals surface area (Å²) in [5, 5.41) is 3.89. The fraction of sp³-hybridized carbons (Fsp3) is 0.333. The van der Waals surface area contributed by atoms with Gasteiger partial charge in [-0.3, -0.25) is 9.59 Å². The van der Waals surface area contributed by atoms with Crippen LogP contribution in [-0.4, -0.2) is 29.8 Å². The molecule has 1 N–H and O–H groups in total. The third kappa shape index (κ3) is 4.63. The molecule has 0 atom stereocenters. The molecule has 0 radical (unpaired) electrons. The quantitative estimate of drug-likeness (QED) is 0.774. The molecule has 1 fully saturated rings. The van der Waals surface area contributed by atoms with Gasteiger partial charge in [0.2, 0.25) is 5.91 Å². The smallest absolute Gasteiger partial charge is 0.255 e. The molecule has 0 aromatic heterocycles. The molecule has 0 bridgehead atoms. The van der Waals surface area contributed by atoms with Gasteiger partial charge in [0, 0.05) is 29.7 Å². The Kier molecular flexibility index (Phi) is 6.40. The van der Waals surface area contributed by atoms with Crippen LogP contribution in [0.3, 0.4) is 0 Å². The van der Waals surface area contributed by atoms with E-state index in [1.54, 1.807) is 23.1 Å². The Morgan fingerprint density at radius 3 is 2.48 bits per heavy atom. The molecule has 0 saturated carbocycles. The molecule has 2 amide bonds. The number of benzene rings is 2. The summed E-state index contributed by atoms with van der Waals surface area (Å²) in [5.41, 5.74) is 2.44. The first-order valence-electron chi connectivity index (χ1n) is 9.12. The fourth-order valence-electron chi connectivity index (χ4n) is 3.36. The topological polar surface area (TPSA) is 49.4 Å². The minimum absolute atomic E-state index is 0.0209. The summed E-state index contributed by atoms with van der Waals surface area (Å²) in [7, 11) is 0. The van der Waals surface area contributed by atoms with E-state index in [1.807, 2.05) is 24.3 Å². The van der Waals surface area contributed by atoms with Crippen LogP contribution in [0.5, 0.6) is 0 Å². The lowest BCUT2D eigenvalue weighted by molar-refractivity contribution is -0.121. The van der Waals surface area contributed by atoms with Crippen LogP contribution in [-0.2, 0) is 11.2 Å². The molecular formula is C21H22Cl2N2O2. The normalized spacial score (nSPS) is 14.9. The Labute approximate surface area is 169 Å². The lowest BCUT2D eigenvalue weighted by Gasteiger charge is -2.31. The molecule has 2 aromatic rings. The van der Waals surface area contributed by atoms with Crippen LogP contribution in [0.25, 0.3) is 0 Å². The number of carbonyl (C=O) groups excluding carboxylic acids is 2. The molecule has 0 spiro atoms. The molecule has 2 aromatic carbocycles. The fourth-order valence-corrected chi connectivity index (χ4v) is 3.85. The van der Waals surface area contributed by atoms with Crippen molar-refractivity contribution in [3.8, 4) is 0 Å². The highest BCUT2D eigenvalue weighted by molar-refractivity contribution is 6.36. The first-order valence-corrected chi connectivity index (χ1v) is 9.88. The molecule has 0 unspecified atom stereocenters. The second kappa shape index (κ2) is 8.77. The summed E-state index contributed by atoms with van der Waals surface area (Å²) in [4.78, 5) is 27.1. The molecule has 6 heteroatoms. The van der Waals surface area contributed by atoms with E-state index in [0.717, 1.165) is 17.7 Å². The van der Waals surface area contributed by atoms with E-state index in [1.165, 1.54) is 0 Å².